The Bertz CT molecular complexity index is 439. The van der Waals surface area contributed by atoms with Gasteiger partial charge >= 0.3 is 8.80 Å². The Labute approximate surface area is 231 Å². The van der Waals surface area contributed by atoms with E-state index in [0.29, 0.717) is 25.7 Å². The van der Waals surface area contributed by atoms with Crippen molar-refractivity contribution in [3.8, 4) is 0 Å². The van der Waals surface area contributed by atoms with Gasteiger partial charge in [-0.3, -0.25) is 0 Å². The van der Waals surface area contributed by atoms with Gasteiger partial charge in [0.1, 0.15) is 0 Å². The highest BCUT2D eigenvalue weighted by Crippen LogP contribution is 2.43. The first-order valence-electron chi connectivity index (χ1n) is 13.7. The van der Waals surface area contributed by atoms with E-state index >= 15 is 0 Å². The minimum absolute atomic E-state index is 0.636. The van der Waals surface area contributed by atoms with Crippen molar-refractivity contribution >= 4 is 58.1 Å². The Morgan fingerprint density at radius 1 is 0.588 bits per heavy atom. The van der Waals surface area contributed by atoms with Crippen LogP contribution in [-0.4, -0.2) is 48.2 Å². The van der Waals surface area contributed by atoms with Crippen LogP contribution in [0.25, 0.3) is 0 Å². The quantitative estimate of drug-likeness (QED) is 0.0595. The van der Waals surface area contributed by atoms with Gasteiger partial charge in [-0.2, -0.15) is 0 Å². The molecule has 2 atom stereocenters. The van der Waals surface area contributed by atoms with E-state index in [1.807, 2.05) is 62.0 Å². The molecule has 34 heavy (non-hydrogen) atoms. The molecule has 0 rings (SSSR count). The molecule has 0 aliphatic rings. The molecule has 0 aromatic rings. The molecule has 0 spiro atoms. The lowest BCUT2D eigenvalue weighted by atomic mass is 10.0. The van der Waals surface area contributed by atoms with Crippen LogP contribution in [0.2, 0.25) is 31.7 Å². The van der Waals surface area contributed by atoms with Crippen molar-refractivity contribution in [2.75, 3.05) is 31.3 Å². The van der Waals surface area contributed by atoms with Crippen molar-refractivity contribution in [2.45, 2.75) is 118 Å². The normalized spacial score (nSPS) is 14.5. The average molecular weight is 589 g/mol. The lowest BCUT2D eigenvalue weighted by Gasteiger charge is -2.31. The molecule has 0 saturated carbocycles. The van der Waals surface area contributed by atoms with E-state index < -0.39 is 16.9 Å². The van der Waals surface area contributed by atoms with Crippen molar-refractivity contribution in [1.29, 1.82) is 0 Å². The van der Waals surface area contributed by atoms with E-state index in [-0.39, 0.29) is 0 Å². The van der Waals surface area contributed by atoms with Gasteiger partial charge in [0.15, 0.2) is 0 Å². The van der Waals surface area contributed by atoms with Crippen molar-refractivity contribution in [3.05, 3.63) is 0 Å². The first-order chi connectivity index (χ1) is 16.3. The molecular formula is C25H56O3S4Si2. The van der Waals surface area contributed by atoms with Gasteiger partial charge < -0.3 is 13.3 Å². The summed E-state index contributed by atoms with van der Waals surface area (Å²) >= 11 is 0. The van der Waals surface area contributed by atoms with E-state index in [9.17, 15) is 0 Å². The van der Waals surface area contributed by atoms with Gasteiger partial charge in [-0.25, -0.2) is 0 Å². The van der Waals surface area contributed by atoms with Crippen LogP contribution in [0.5, 0.6) is 0 Å². The van der Waals surface area contributed by atoms with Crippen molar-refractivity contribution in [1.82, 2.24) is 0 Å². The molecule has 0 N–H and O–H groups in total. The Balaban J connectivity index is 3.85. The van der Waals surface area contributed by atoms with Gasteiger partial charge in [0, 0.05) is 45.4 Å². The van der Waals surface area contributed by atoms with E-state index in [1.54, 1.807) is 0 Å². The first-order valence-corrected chi connectivity index (χ1v) is 24.5. The standard InChI is InChI=1S/C25H56O3S4Si2/c1-9-24(22-33(6,7)8)18-14-16-20-29-31-32-30-21-17-15-19-25(10-2)23-34(26-11-3,27-12-4)28-13-5/h24-25H,9-23H2,1-8H3. The van der Waals surface area contributed by atoms with Gasteiger partial charge in [0.25, 0.3) is 0 Å². The van der Waals surface area contributed by atoms with Crippen LogP contribution in [0, 0.1) is 11.8 Å². The Kier molecular flexibility index (Phi) is 23.8. The van der Waals surface area contributed by atoms with Crippen molar-refractivity contribution < 1.29 is 13.3 Å². The first kappa shape index (κ1) is 35.7. The molecule has 0 fully saturated rings. The van der Waals surface area contributed by atoms with Crippen LogP contribution in [0.3, 0.4) is 0 Å². The third kappa shape index (κ3) is 19.8. The van der Waals surface area contributed by atoms with Crippen LogP contribution in [0.15, 0.2) is 0 Å². The number of hydrogen-bond acceptors (Lipinski definition) is 7. The summed E-state index contributed by atoms with van der Waals surface area (Å²) in [6.07, 6.45) is 10.6. The minimum Gasteiger partial charge on any atom is -0.374 e. The summed E-state index contributed by atoms with van der Waals surface area (Å²) in [5.74, 6) is 4.15. The molecule has 0 amide bonds. The summed E-state index contributed by atoms with van der Waals surface area (Å²) in [5, 5.41) is 0. The zero-order chi connectivity index (χ0) is 25.7. The van der Waals surface area contributed by atoms with E-state index in [0.717, 1.165) is 12.0 Å². The maximum atomic E-state index is 6.07. The summed E-state index contributed by atoms with van der Waals surface area (Å²) < 4.78 is 18.2. The zero-order valence-electron chi connectivity index (χ0n) is 23.6. The lowest BCUT2D eigenvalue weighted by Crippen LogP contribution is -2.47. The minimum atomic E-state index is -2.51. The third-order valence-corrected chi connectivity index (χ3v) is 17.7. The van der Waals surface area contributed by atoms with Gasteiger partial charge in [-0.1, -0.05) is 99.6 Å². The molecule has 0 saturated heterocycles. The maximum absolute atomic E-state index is 6.07. The Hall–Kier alpha value is 1.71. The predicted molar refractivity (Wildman–Crippen MR) is 169 cm³/mol. The topological polar surface area (TPSA) is 27.7 Å². The number of unbranched alkanes of at least 4 members (excludes halogenated alkanes) is 2. The summed E-state index contributed by atoms with van der Waals surface area (Å²) in [7, 11) is 4.61. The maximum Gasteiger partial charge on any atom is 0.501 e. The molecular weight excluding hydrogens is 533 g/mol. The van der Waals surface area contributed by atoms with Crippen molar-refractivity contribution in [2.24, 2.45) is 11.8 Å². The van der Waals surface area contributed by atoms with Crippen LogP contribution >= 0.6 is 41.2 Å². The van der Waals surface area contributed by atoms with Crippen LogP contribution in [0.1, 0.15) is 86.0 Å². The lowest BCUT2D eigenvalue weighted by molar-refractivity contribution is 0.0663. The van der Waals surface area contributed by atoms with Crippen LogP contribution < -0.4 is 0 Å². The highest BCUT2D eigenvalue weighted by atomic mass is 33.7. The van der Waals surface area contributed by atoms with E-state index in [4.69, 9.17) is 13.3 Å². The second-order valence-corrected chi connectivity index (χ2v) is 24.7. The third-order valence-electron chi connectivity index (χ3n) is 5.99. The highest BCUT2D eigenvalue weighted by Gasteiger charge is 2.42. The predicted octanol–water partition coefficient (Wildman–Crippen LogP) is 10.4. The molecule has 3 nitrogen and oxygen atoms in total. The Morgan fingerprint density at radius 2 is 1.00 bits per heavy atom. The molecule has 0 radical (unpaired) electrons. The van der Waals surface area contributed by atoms with Gasteiger partial charge in [0.2, 0.25) is 0 Å². The molecule has 0 heterocycles. The van der Waals surface area contributed by atoms with Crippen LogP contribution in [-0.2, 0) is 13.3 Å². The monoisotopic (exact) mass is 588 g/mol. The fourth-order valence-electron chi connectivity index (χ4n) is 4.38. The van der Waals surface area contributed by atoms with Gasteiger partial charge in [-0.15, -0.1) is 0 Å². The summed E-state index contributed by atoms with van der Waals surface area (Å²) in [4.78, 5) is 0. The molecule has 0 aliphatic heterocycles. The molecule has 206 valence electrons. The average Bonchev–Trinajstić information content (AvgIpc) is 2.77. The molecule has 0 aromatic heterocycles. The zero-order valence-corrected chi connectivity index (χ0v) is 28.9. The second kappa shape index (κ2) is 22.7. The summed E-state index contributed by atoms with van der Waals surface area (Å²) in [6.45, 7) is 20.4. The summed E-state index contributed by atoms with van der Waals surface area (Å²) in [5.41, 5.74) is 0. The number of rotatable bonds is 25. The molecule has 0 aromatic carbocycles. The molecule has 9 heteroatoms. The molecule has 0 aliphatic carbocycles. The van der Waals surface area contributed by atoms with Crippen LogP contribution in [0.4, 0.5) is 0 Å². The van der Waals surface area contributed by atoms with Gasteiger partial charge in [0.05, 0.1) is 0 Å². The molecule has 0 bridgehead atoms. The summed E-state index contributed by atoms with van der Waals surface area (Å²) in [6, 6.07) is 2.47. The van der Waals surface area contributed by atoms with Gasteiger partial charge in [-0.05, 0) is 65.1 Å². The second-order valence-electron chi connectivity index (χ2n) is 10.3. The van der Waals surface area contributed by atoms with E-state index in [2.05, 4.69) is 33.5 Å². The number of hydrogen-bond donors (Lipinski definition) is 0. The fraction of sp³-hybridized carbons (Fsp3) is 1.00. The largest absolute Gasteiger partial charge is 0.501 e. The van der Waals surface area contributed by atoms with E-state index in [1.165, 1.54) is 68.9 Å². The SMILES string of the molecule is CCO[Si](CC(CC)CCCCSSSSCCCCC(CC)C[Si](C)(C)C)(OCC)OCC. The fourth-order valence-corrected chi connectivity index (χ4v) is 16.0. The molecule has 2 unspecified atom stereocenters. The smallest absolute Gasteiger partial charge is 0.374 e. The highest BCUT2D eigenvalue weighted by molar-refractivity contribution is 9.26. The van der Waals surface area contributed by atoms with Crippen molar-refractivity contribution in [3.63, 3.8) is 0 Å². The Morgan fingerprint density at radius 3 is 1.35 bits per heavy atom.